The maximum Gasteiger partial charge on any atom is 0.262 e. The highest BCUT2D eigenvalue weighted by Gasteiger charge is 2.24. The van der Waals surface area contributed by atoms with Gasteiger partial charge in [0.2, 0.25) is 0 Å². The minimum atomic E-state index is -0.575. The molecule has 0 spiro atoms. The molecule has 9 heteroatoms. The lowest BCUT2D eigenvalue weighted by atomic mass is 9.89. The first-order valence-corrected chi connectivity index (χ1v) is 12.7. The zero-order valence-corrected chi connectivity index (χ0v) is 20.7. The van der Waals surface area contributed by atoms with Gasteiger partial charge in [0.1, 0.15) is 28.1 Å². The van der Waals surface area contributed by atoms with Crippen LogP contribution in [0.4, 0.5) is 0 Å². The van der Waals surface area contributed by atoms with Crippen LogP contribution < -0.4 is 15.8 Å². The number of nitrogens with zero attached hydrogens (tertiary/aromatic N) is 2. The van der Waals surface area contributed by atoms with Gasteiger partial charge in [-0.15, -0.1) is 11.3 Å². The fraction of sp³-hybridized carbons (Fsp3) is 0.269. The van der Waals surface area contributed by atoms with E-state index in [0.29, 0.717) is 26.2 Å². The van der Waals surface area contributed by atoms with E-state index < -0.39 is 12.0 Å². The highest BCUT2D eigenvalue weighted by Crippen LogP contribution is 2.37. The van der Waals surface area contributed by atoms with E-state index in [1.807, 2.05) is 47.9 Å². The highest BCUT2D eigenvalue weighted by molar-refractivity contribution is 7.16. The van der Waals surface area contributed by atoms with Crippen LogP contribution >= 0.6 is 22.9 Å². The standard InChI is InChI=1S/C26H25ClN4O3S/c1-15(18-4-2-3-5-19(18)27)34-22-13-23(35-25(22)26(28)33)31-14-30-20-7-6-17(12-21(20)31)24(32)16-8-10-29-11-9-16/h2-7,12-16,29H,8-11H2,1H3,(H2,28,33). The lowest BCUT2D eigenvalue weighted by Gasteiger charge is -2.21. The van der Waals surface area contributed by atoms with Crippen LogP contribution in [-0.4, -0.2) is 34.3 Å². The number of ketones is 1. The van der Waals surface area contributed by atoms with E-state index >= 15 is 0 Å². The topological polar surface area (TPSA) is 99.2 Å². The van der Waals surface area contributed by atoms with E-state index in [-0.39, 0.29) is 11.7 Å². The number of amides is 1. The van der Waals surface area contributed by atoms with Gasteiger partial charge in [0.05, 0.1) is 11.0 Å². The zero-order chi connectivity index (χ0) is 24.5. The number of halogens is 1. The summed E-state index contributed by atoms with van der Waals surface area (Å²) in [6.07, 6.45) is 2.97. The van der Waals surface area contributed by atoms with Crippen molar-refractivity contribution in [2.24, 2.45) is 11.7 Å². The number of primary amides is 1. The molecule has 2 aromatic carbocycles. The molecule has 1 amide bonds. The first-order chi connectivity index (χ1) is 16.9. The summed E-state index contributed by atoms with van der Waals surface area (Å²) in [5, 5.41) is 4.60. The number of thiophene rings is 1. The second kappa shape index (κ2) is 9.81. The van der Waals surface area contributed by atoms with Gasteiger partial charge in [0.15, 0.2) is 5.78 Å². The highest BCUT2D eigenvalue weighted by atomic mass is 35.5. The average Bonchev–Trinajstić information content (AvgIpc) is 3.48. The summed E-state index contributed by atoms with van der Waals surface area (Å²) in [5.74, 6) is -0.00942. The second-order valence-corrected chi connectivity index (χ2v) is 10.1. The summed E-state index contributed by atoms with van der Waals surface area (Å²) in [6.45, 7) is 3.59. The molecule has 35 heavy (non-hydrogen) atoms. The van der Waals surface area contributed by atoms with Crippen molar-refractivity contribution in [2.75, 3.05) is 13.1 Å². The van der Waals surface area contributed by atoms with Gasteiger partial charge in [0, 0.05) is 28.1 Å². The lowest BCUT2D eigenvalue weighted by Crippen LogP contribution is -2.31. The van der Waals surface area contributed by atoms with Crippen molar-refractivity contribution in [3.05, 3.63) is 75.9 Å². The summed E-state index contributed by atoms with van der Waals surface area (Å²) in [5.41, 5.74) is 8.70. The SMILES string of the molecule is CC(Oc1cc(-n2cnc3ccc(C(=O)C4CCNCC4)cc32)sc1C(N)=O)c1ccccc1Cl. The number of hydrogen-bond donors (Lipinski definition) is 2. The predicted octanol–water partition coefficient (Wildman–Crippen LogP) is 5.16. The van der Waals surface area contributed by atoms with Crippen molar-refractivity contribution in [1.29, 1.82) is 0 Å². The Morgan fingerprint density at radius 1 is 1.20 bits per heavy atom. The Balaban J connectivity index is 1.49. The van der Waals surface area contributed by atoms with Crippen molar-refractivity contribution < 1.29 is 14.3 Å². The molecular weight excluding hydrogens is 484 g/mol. The van der Waals surface area contributed by atoms with Gasteiger partial charge in [-0.25, -0.2) is 4.98 Å². The van der Waals surface area contributed by atoms with Crippen LogP contribution in [0.2, 0.25) is 5.02 Å². The van der Waals surface area contributed by atoms with Crippen molar-refractivity contribution in [1.82, 2.24) is 14.9 Å². The molecule has 7 nitrogen and oxygen atoms in total. The monoisotopic (exact) mass is 508 g/mol. The molecule has 2 aromatic heterocycles. The quantitative estimate of drug-likeness (QED) is 0.336. The van der Waals surface area contributed by atoms with E-state index in [2.05, 4.69) is 10.3 Å². The number of nitrogens with one attached hydrogen (secondary N) is 1. The van der Waals surface area contributed by atoms with Crippen LogP contribution in [0.15, 0.2) is 54.9 Å². The fourth-order valence-corrected chi connectivity index (χ4v) is 5.67. The van der Waals surface area contributed by atoms with Gasteiger partial charge in [0.25, 0.3) is 5.91 Å². The largest absolute Gasteiger partial charge is 0.484 e. The Labute approximate surface area is 211 Å². The maximum atomic E-state index is 13.1. The summed E-state index contributed by atoms with van der Waals surface area (Å²) < 4.78 is 8.00. The smallest absolute Gasteiger partial charge is 0.262 e. The van der Waals surface area contributed by atoms with Gasteiger partial charge in [-0.2, -0.15) is 0 Å². The Morgan fingerprint density at radius 3 is 2.71 bits per heavy atom. The molecule has 0 radical (unpaired) electrons. The number of benzene rings is 2. The third kappa shape index (κ3) is 4.69. The lowest BCUT2D eigenvalue weighted by molar-refractivity contribution is 0.0894. The molecule has 1 fully saturated rings. The molecule has 0 bridgehead atoms. The number of piperidine rings is 1. The number of nitrogens with two attached hydrogens (primary N) is 1. The average molecular weight is 509 g/mol. The Morgan fingerprint density at radius 2 is 1.97 bits per heavy atom. The number of imidazole rings is 1. The molecule has 1 aliphatic heterocycles. The molecule has 4 aromatic rings. The molecule has 1 atom stereocenters. The molecule has 3 heterocycles. The van der Waals surface area contributed by atoms with Crippen LogP contribution in [0.3, 0.4) is 0 Å². The van der Waals surface area contributed by atoms with Gasteiger partial charge in [-0.05, 0) is 57.1 Å². The number of ether oxygens (including phenoxy) is 1. The van der Waals surface area contributed by atoms with E-state index in [9.17, 15) is 9.59 Å². The molecule has 0 aliphatic carbocycles. The van der Waals surface area contributed by atoms with Gasteiger partial charge >= 0.3 is 0 Å². The van der Waals surface area contributed by atoms with Crippen LogP contribution in [0.1, 0.15) is 51.5 Å². The predicted molar refractivity (Wildman–Crippen MR) is 138 cm³/mol. The minimum Gasteiger partial charge on any atom is -0.484 e. The Hall–Kier alpha value is -3.20. The molecular formula is C26H25ClN4O3S. The summed E-state index contributed by atoms with van der Waals surface area (Å²) in [4.78, 5) is 30.1. The number of fused-ring (bicyclic) bond motifs is 1. The van der Waals surface area contributed by atoms with E-state index in [4.69, 9.17) is 22.1 Å². The summed E-state index contributed by atoms with van der Waals surface area (Å²) in [6, 6.07) is 14.8. The number of carbonyl (C=O) groups excluding carboxylic acids is 2. The molecule has 5 rings (SSSR count). The second-order valence-electron chi connectivity index (χ2n) is 8.63. The number of carbonyl (C=O) groups is 2. The maximum absolute atomic E-state index is 13.1. The number of hydrogen-bond acceptors (Lipinski definition) is 6. The van der Waals surface area contributed by atoms with Crippen LogP contribution in [0.25, 0.3) is 16.0 Å². The number of Topliss-reactive ketones (excluding diaryl/α,β-unsaturated/α-hetero) is 1. The normalized spacial score (nSPS) is 15.3. The van der Waals surface area contributed by atoms with Crippen LogP contribution in [0, 0.1) is 5.92 Å². The third-order valence-corrected chi connectivity index (χ3v) is 7.81. The summed E-state index contributed by atoms with van der Waals surface area (Å²) >= 11 is 7.54. The fourth-order valence-electron chi connectivity index (χ4n) is 4.46. The van der Waals surface area contributed by atoms with Crippen molar-refractivity contribution in [3.63, 3.8) is 0 Å². The molecule has 180 valence electrons. The van der Waals surface area contributed by atoms with Crippen molar-refractivity contribution in [2.45, 2.75) is 25.9 Å². The van der Waals surface area contributed by atoms with E-state index in [1.54, 1.807) is 18.5 Å². The number of aromatic nitrogens is 2. The Kier molecular flexibility index (Phi) is 6.60. The minimum absolute atomic E-state index is 0.0274. The zero-order valence-electron chi connectivity index (χ0n) is 19.2. The first kappa shape index (κ1) is 23.5. The van der Waals surface area contributed by atoms with Gasteiger partial charge in [-0.1, -0.05) is 29.8 Å². The molecule has 3 N–H and O–H groups in total. The molecule has 1 saturated heterocycles. The third-order valence-electron chi connectivity index (χ3n) is 6.33. The van der Waals surface area contributed by atoms with Gasteiger partial charge < -0.3 is 15.8 Å². The molecule has 1 unspecified atom stereocenters. The van der Waals surface area contributed by atoms with E-state index in [1.165, 1.54) is 11.3 Å². The van der Waals surface area contributed by atoms with Gasteiger partial charge in [-0.3, -0.25) is 14.2 Å². The Bertz CT molecular complexity index is 1410. The molecule has 0 saturated carbocycles. The van der Waals surface area contributed by atoms with Crippen LogP contribution in [-0.2, 0) is 0 Å². The number of rotatable bonds is 7. The van der Waals surface area contributed by atoms with Crippen LogP contribution in [0.5, 0.6) is 5.75 Å². The van der Waals surface area contributed by atoms with Crippen molar-refractivity contribution >= 4 is 45.7 Å². The first-order valence-electron chi connectivity index (χ1n) is 11.5. The molecule has 1 aliphatic rings. The van der Waals surface area contributed by atoms with E-state index in [0.717, 1.165) is 42.5 Å². The summed E-state index contributed by atoms with van der Waals surface area (Å²) in [7, 11) is 0. The van der Waals surface area contributed by atoms with Crippen molar-refractivity contribution in [3.8, 4) is 10.8 Å².